The Balaban J connectivity index is 1.89. The number of piperidine rings is 1. The van der Waals surface area contributed by atoms with Gasteiger partial charge in [-0.15, -0.1) is 0 Å². The second kappa shape index (κ2) is 8.13. The first-order valence-corrected chi connectivity index (χ1v) is 8.20. The summed E-state index contributed by atoms with van der Waals surface area (Å²) in [5, 5.41) is 3.72. The molecule has 1 aliphatic rings. The zero-order valence-corrected chi connectivity index (χ0v) is 13.8. The molecule has 22 heavy (non-hydrogen) atoms. The average Bonchev–Trinajstić information content (AvgIpc) is 2.54. The summed E-state index contributed by atoms with van der Waals surface area (Å²) in [5.41, 5.74) is 1.09. The van der Waals surface area contributed by atoms with Crippen molar-refractivity contribution in [2.45, 2.75) is 45.7 Å². The lowest BCUT2D eigenvalue weighted by molar-refractivity contribution is 0.0934. The maximum Gasteiger partial charge on any atom is 0.409 e. The summed E-state index contributed by atoms with van der Waals surface area (Å²) in [6.07, 6.45) is 3.56. The number of carbonyl (C=O) groups is 1. The SMILES string of the molecule is CCOC(=O)N1CCC(N[C@H](c2ccccn2)C(C)C)CC1. The quantitative estimate of drug-likeness (QED) is 0.908. The van der Waals surface area contributed by atoms with Crippen LogP contribution < -0.4 is 5.32 Å². The van der Waals surface area contributed by atoms with E-state index in [0.717, 1.165) is 31.6 Å². The molecule has 1 fully saturated rings. The minimum absolute atomic E-state index is 0.189. The number of amides is 1. The van der Waals surface area contributed by atoms with Crippen LogP contribution in [0.15, 0.2) is 24.4 Å². The van der Waals surface area contributed by atoms with Crippen molar-refractivity contribution in [3.8, 4) is 0 Å². The largest absolute Gasteiger partial charge is 0.450 e. The van der Waals surface area contributed by atoms with Gasteiger partial charge in [0.2, 0.25) is 0 Å². The van der Waals surface area contributed by atoms with Crippen molar-refractivity contribution in [1.82, 2.24) is 15.2 Å². The second-order valence-corrected chi connectivity index (χ2v) is 6.10. The number of hydrogen-bond acceptors (Lipinski definition) is 4. The van der Waals surface area contributed by atoms with Crippen molar-refractivity contribution >= 4 is 6.09 Å². The monoisotopic (exact) mass is 305 g/mol. The molecular formula is C17H27N3O2. The molecule has 5 nitrogen and oxygen atoms in total. The molecule has 0 aromatic carbocycles. The van der Waals surface area contributed by atoms with E-state index in [1.54, 1.807) is 4.90 Å². The highest BCUT2D eigenvalue weighted by molar-refractivity contribution is 5.67. The van der Waals surface area contributed by atoms with Gasteiger partial charge in [-0.25, -0.2) is 4.79 Å². The molecule has 1 aromatic rings. The highest BCUT2D eigenvalue weighted by Gasteiger charge is 2.27. The van der Waals surface area contributed by atoms with Gasteiger partial charge in [0, 0.05) is 25.3 Å². The van der Waals surface area contributed by atoms with Gasteiger partial charge in [-0.1, -0.05) is 19.9 Å². The molecule has 1 atom stereocenters. The molecule has 1 N–H and O–H groups in total. The molecule has 122 valence electrons. The highest BCUT2D eigenvalue weighted by atomic mass is 16.6. The Morgan fingerprint density at radius 1 is 1.41 bits per heavy atom. The fourth-order valence-electron chi connectivity index (χ4n) is 2.88. The topological polar surface area (TPSA) is 54.5 Å². The molecule has 1 amide bonds. The molecule has 0 saturated carbocycles. The normalized spacial score (nSPS) is 17.5. The summed E-state index contributed by atoms with van der Waals surface area (Å²) >= 11 is 0. The van der Waals surface area contributed by atoms with Crippen LogP contribution >= 0.6 is 0 Å². The number of rotatable bonds is 5. The minimum atomic E-state index is -0.189. The van der Waals surface area contributed by atoms with E-state index in [1.165, 1.54) is 0 Å². The third-order valence-electron chi connectivity index (χ3n) is 4.11. The summed E-state index contributed by atoms with van der Waals surface area (Å²) in [4.78, 5) is 18.0. The molecule has 0 aliphatic carbocycles. The summed E-state index contributed by atoms with van der Waals surface area (Å²) < 4.78 is 5.06. The van der Waals surface area contributed by atoms with Gasteiger partial charge in [0.1, 0.15) is 0 Å². The summed E-state index contributed by atoms with van der Waals surface area (Å²) in [6, 6.07) is 6.72. The minimum Gasteiger partial charge on any atom is -0.450 e. The fourth-order valence-corrected chi connectivity index (χ4v) is 2.88. The van der Waals surface area contributed by atoms with E-state index < -0.39 is 0 Å². The van der Waals surface area contributed by atoms with Gasteiger partial charge >= 0.3 is 6.09 Å². The van der Waals surface area contributed by atoms with Crippen molar-refractivity contribution in [2.75, 3.05) is 19.7 Å². The Morgan fingerprint density at radius 2 is 2.14 bits per heavy atom. The number of hydrogen-bond donors (Lipinski definition) is 1. The lowest BCUT2D eigenvalue weighted by atomic mass is 9.96. The van der Waals surface area contributed by atoms with Crippen LogP contribution in [0.1, 0.15) is 45.3 Å². The van der Waals surface area contributed by atoms with E-state index in [2.05, 4.69) is 30.2 Å². The Bertz CT molecular complexity index is 456. The molecule has 1 aromatic heterocycles. The van der Waals surface area contributed by atoms with E-state index >= 15 is 0 Å². The first-order valence-electron chi connectivity index (χ1n) is 8.20. The van der Waals surface area contributed by atoms with Gasteiger partial charge in [-0.3, -0.25) is 4.98 Å². The van der Waals surface area contributed by atoms with E-state index in [4.69, 9.17) is 4.74 Å². The maximum absolute atomic E-state index is 11.7. The Hall–Kier alpha value is -1.62. The number of nitrogens with one attached hydrogen (secondary N) is 1. The molecule has 0 spiro atoms. The molecule has 0 radical (unpaired) electrons. The van der Waals surface area contributed by atoms with Gasteiger partial charge in [0.15, 0.2) is 0 Å². The van der Waals surface area contributed by atoms with Gasteiger partial charge in [0.05, 0.1) is 18.3 Å². The van der Waals surface area contributed by atoms with Crippen LogP contribution in [0.5, 0.6) is 0 Å². The van der Waals surface area contributed by atoms with Crippen LogP contribution in [0.25, 0.3) is 0 Å². The van der Waals surface area contributed by atoms with Crippen LogP contribution in [0.2, 0.25) is 0 Å². The van der Waals surface area contributed by atoms with Crippen LogP contribution in [-0.2, 0) is 4.74 Å². The summed E-state index contributed by atoms with van der Waals surface area (Å²) in [6.45, 7) is 8.20. The smallest absolute Gasteiger partial charge is 0.409 e. The molecule has 2 rings (SSSR count). The van der Waals surface area contributed by atoms with Crippen LogP contribution in [0.3, 0.4) is 0 Å². The Kier molecular flexibility index (Phi) is 6.19. The molecule has 1 saturated heterocycles. The van der Waals surface area contributed by atoms with Crippen LogP contribution in [-0.4, -0.2) is 41.7 Å². The number of aromatic nitrogens is 1. The zero-order chi connectivity index (χ0) is 15.9. The first kappa shape index (κ1) is 16.7. The van der Waals surface area contributed by atoms with Crippen LogP contribution in [0.4, 0.5) is 4.79 Å². The number of nitrogens with zero attached hydrogens (tertiary/aromatic N) is 2. The highest BCUT2D eigenvalue weighted by Crippen LogP contribution is 2.23. The van der Waals surface area contributed by atoms with Crippen LogP contribution in [0, 0.1) is 5.92 Å². The van der Waals surface area contributed by atoms with Crippen molar-refractivity contribution < 1.29 is 9.53 Å². The predicted octanol–water partition coefficient (Wildman–Crippen LogP) is 2.99. The van der Waals surface area contributed by atoms with E-state index in [-0.39, 0.29) is 12.1 Å². The van der Waals surface area contributed by atoms with E-state index in [9.17, 15) is 4.79 Å². The van der Waals surface area contributed by atoms with Crippen molar-refractivity contribution in [2.24, 2.45) is 5.92 Å². The summed E-state index contributed by atoms with van der Waals surface area (Å²) in [5.74, 6) is 0.470. The number of ether oxygens (including phenoxy) is 1. The third-order valence-corrected chi connectivity index (χ3v) is 4.11. The average molecular weight is 305 g/mol. The van der Waals surface area contributed by atoms with Crippen molar-refractivity contribution in [3.63, 3.8) is 0 Å². The third kappa shape index (κ3) is 4.44. The lowest BCUT2D eigenvalue weighted by Crippen LogP contribution is -2.46. The molecule has 0 bridgehead atoms. The lowest BCUT2D eigenvalue weighted by Gasteiger charge is -2.35. The van der Waals surface area contributed by atoms with Crippen molar-refractivity contribution in [1.29, 1.82) is 0 Å². The molecular weight excluding hydrogens is 278 g/mol. The van der Waals surface area contributed by atoms with Gasteiger partial charge in [-0.2, -0.15) is 0 Å². The second-order valence-electron chi connectivity index (χ2n) is 6.10. The molecule has 2 heterocycles. The number of likely N-dealkylation sites (tertiary alicyclic amines) is 1. The van der Waals surface area contributed by atoms with E-state index in [0.29, 0.717) is 18.6 Å². The van der Waals surface area contributed by atoms with E-state index in [1.807, 2.05) is 25.3 Å². The standard InChI is InChI=1S/C17H27N3O2/c1-4-22-17(21)20-11-8-14(9-12-20)19-16(13(2)3)15-7-5-6-10-18-15/h5-7,10,13-14,16,19H,4,8-9,11-12H2,1-3H3/t16-/m0/s1. The predicted molar refractivity (Wildman–Crippen MR) is 86.6 cm³/mol. The summed E-state index contributed by atoms with van der Waals surface area (Å²) in [7, 11) is 0. The number of pyridine rings is 1. The number of carbonyl (C=O) groups excluding carboxylic acids is 1. The Labute approximate surface area is 133 Å². The van der Waals surface area contributed by atoms with Gasteiger partial charge < -0.3 is 15.0 Å². The Morgan fingerprint density at radius 3 is 2.68 bits per heavy atom. The fraction of sp³-hybridized carbons (Fsp3) is 0.647. The van der Waals surface area contributed by atoms with Gasteiger partial charge in [-0.05, 0) is 37.8 Å². The zero-order valence-electron chi connectivity index (χ0n) is 13.8. The maximum atomic E-state index is 11.7. The molecule has 5 heteroatoms. The van der Waals surface area contributed by atoms with Crippen molar-refractivity contribution in [3.05, 3.63) is 30.1 Å². The molecule has 1 aliphatic heterocycles. The first-order chi connectivity index (χ1) is 10.6. The molecule has 0 unspecified atom stereocenters. The van der Waals surface area contributed by atoms with Gasteiger partial charge in [0.25, 0.3) is 0 Å².